The lowest BCUT2D eigenvalue weighted by Gasteiger charge is -2.17. The molecule has 1 aromatic heterocycles. The number of ketones is 1. The number of Topliss-reactive ketones (excluding diaryl/α,β-unsaturated/α-hetero) is 1. The number of hydrogen-bond donors (Lipinski definition) is 0. The number of hydrogen-bond acceptors (Lipinski definition) is 3. The molecule has 0 fully saturated rings. The second kappa shape index (κ2) is 5.01. The summed E-state index contributed by atoms with van der Waals surface area (Å²) in [6, 6.07) is 1.94. The highest BCUT2D eigenvalue weighted by Crippen LogP contribution is 2.23. The van der Waals surface area contributed by atoms with Crippen molar-refractivity contribution in [1.82, 2.24) is 9.97 Å². The van der Waals surface area contributed by atoms with Crippen molar-refractivity contribution in [2.45, 2.75) is 40.0 Å². The molecular weight excluding hydrogens is 188 g/mol. The SMILES string of the molecule is CCc1cc(C(C(C)=O)C(C)C)ncn1. The van der Waals surface area contributed by atoms with Gasteiger partial charge < -0.3 is 0 Å². The molecule has 0 spiro atoms. The summed E-state index contributed by atoms with van der Waals surface area (Å²) < 4.78 is 0. The van der Waals surface area contributed by atoms with E-state index in [1.54, 1.807) is 13.3 Å². The predicted molar refractivity (Wildman–Crippen MR) is 59.7 cm³/mol. The zero-order valence-electron chi connectivity index (χ0n) is 9.82. The van der Waals surface area contributed by atoms with E-state index in [1.807, 2.05) is 26.8 Å². The molecule has 0 saturated heterocycles. The molecule has 0 amide bonds. The Labute approximate surface area is 91.0 Å². The minimum absolute atomic E-state index is 0.0988. The Morgan fingerprint density at radius 3 is 2.53 bits per heavy atom. The van der Waals surface area contributed by atoms with Gasteiger partial charge in [0.1, 0.15) is 12.1 Å². The maximum absolute atomic E-state index is 11.5. The lowest BCUT2D eigenvalue weighted by Crippen LogP contribution is -2.17. The van der Waals surface area contributed by atoms with Crippen LogP contribution >= 0.6 is 0 Å². The van der Waals surface area contributed by atoms with Crippen molar-refractivity contribution in [2.75, 3.05) is 0 Å². The van der Waals surface area contributed by atoms with E-state index in [1.165, 1.54) is 0 Å². The molecule has 82 valence electrons. The quantitative estimate of drug-likeness (QED) is 0.759. The van der Waals surface area contributed by atoms with Gasteiger partial charge in [-0.15, -0.1) is 0 Å². The van der Waals surface area contributed by atoms with Crippen molar-refractivity contribution in [3.8, 4) is 0 Å². The zero-order valence-corrected chi connectivity index (χ0v) is 9.82. The van der Waals surface area contributed by atoms with Crippen LogP contribution in [0.1, 0.15) is 45.0 Å². The molecule has 1 atom stereocenters. The number of carbonyl (C=O) groups is 1. The molecule has 1 heterocycles. The first-order valence-corrected chi connectivity index (χ1v) is 5.37. The van der Waals surface area contributed by atoms with Crippen LogP contribution in [0.25, 0.3) is 0 Å². The third kappa shape index (κ3) is 2.85. The van der Waals surface area contributed by atoms with E-state index in [4.69, 9.17) is 0 Å². The molecule has 1 unspecified atom stereocenters. The summed E-state index contributed by atoms with van der Waals surface area (Å²) in [6.45, 7) is 7.75. The van der Waals surface area contributed by atoms with Gasteiger partial charge in [-0.25, -0.2) is 9.97 Å². The summed E-state index contributed by atoms with van der Waals surface area (Å²) >= 11 is 0. The van der Waals surface area contributed by atoms with E-state index in [0.717, 1.165) is 17.8 Å². The Morgan fingerprint density at radius 1 is 1.40 bits per heavy atom. The normalized spacial score (nSPS) is 12.9. The average molecular weight is 206 g/mol. The van der Waals surface area contributed by atoms with Gasteiger partial charge in [0.2, 0.25) is 0 Å². The van der Waals surface area contributed by atoms with Crippen molar-refractivity contribution < 1.29 is 4.79 Å². The average Bonchev–Trinajstić information content (AvgIpc) is 2.17. The van der Waals surface area contributed by atoms with Crippen molar-refractivity contribution in [3.05, 3.63) is 23.8 Å². The molecule has 0 aliphatic carbocycles. The number of rotatable bonds is 4. The molecule has 0 aromatic carbocycles. The Morgan fingerprint density at radius 2 is 2.07 bits per heavy atom. The zero-order chi connectivity index (χ0) is 11.4. The second-order valence-corrected chi connectivity index (χ2v) is 4.12. The van der Waals surface area contributed by atoms with Crippen LogP contribution in [0, 0.1) is 5.92 Å². The van der Waals surface area contributed by atoms with Gasteiger partial charge in [0.15, 0.2) is 0 Å². The molecule has 3 nitrogen and oxygen atoms in total. The lowest BCUT2D eigenvalue weighted by atomic mass is 9.88. The summed E-state index contributed by atoms with van der Waals surface area (Å²) in [5.41, 5.74) is 1.84. The van der Waals surface area contributed by atoms with E-state index in [0.29, 0.717) is 0 Å². The van der Waals surface area contributed by atoms with Crippen molar-refractivity contribution >= 4 is 5.78 Å². The van der Waals surface area contributed by atoms with Crippen LogP contribution in [0.3, 0.4) is 0 Å². The molecule has 0 aliphatic rings. The van der Waals surface area contributed by atoms with Gasteiger partial charge in [0, 0.05) is 5.69 Å². The highest BCUT2D eigenvalue weighted by Gasteiger charge is 2.22. The first-order chi connectivity index (χ1) is 7.06. The highest BCUT2D eigenvalue weighted by molar-refractivity contribution is 5.83. The minimum atomic E-state index is -0.0988. The van der Waals surface area contributed by atoms with E-state index >= 15 is 0 Å². The maximum atomic E-state index is 11.5. The second-order valence-electron chi connectivity index (χ2n) is 4.12. The third-order valence-electron chi connectivity index (χ3n) is 2.53. The Bertz CT molecular complexity index is 347. The molecular formula is C12H18N2O. The van der Waals surface area contributed by atoms with Gasteiger partial charge in [0.25, 0.3) is 0 Å². The Balaban J connectivity index is 3.05. The van der Waals surface area contributed by atoms with Gasteiger partial charge in [0.05, 0.1) is 11.6 Å². The van der Waals surface area contributed by atoms with Gasteiger partial charge in [-0.2, -0.15) is 0 Å². The highest BCUT2D eigenvalue weighted by atomic mass is 16.1. The minimum Gasteiger partial charge on any atom is -0.299 e. The Kier molecular flexibility index (Phi) is 3.95. The van der Waals surface area contributed by atoms with Crippen LogP contribution in [0.4, 0.5) is 0 Å². The number of aromatic nitrogens is 2. The largest absolute Gasteiger partial charge is 0.299 e. The van der Waals surface area contributed by atoms with E-state index < -0.39 is 0 Å². The van der Waals surface area contributed by atoms with Crippen molar-refractivity contribution in [2.24, 2.45) is 5.92 Å². The third-order valence-corrected chi connectivity index (χ3v) is 2.53. The van der Waals surface area contributed by atoms with Crippen LogP contribution in [-0.4, -0.2) is 15.8 Å². The van der Waals surface area contributed by atoms with Crippen molar-refractivity contribution in [1.29, 1.82) is 0 Å². The predicted octanol–water partition coefficient (Wildman–Crippen LogP) is 2.37. The Hall–Kier alpha value is -1.25. The molecule has 1 rings (SSSR count). The van der Waals surface area contributed by atoms with Crippen LogP contribution in [-0.2, 0) is 11.2 Å². The van der Waals surface area contributed by atoms with Crippen molar-refractivity contribution in [3.63, 3.8) is 0 Å². The topological polar surface area (TPSA) is 42.9 Å². The van der Waals surface area contributed by atoms with E-state index in [-0.39, 0.29) is 17.6 Å². The van der Waals surface area contributed by atoms with Crippen LogP contribution in [0.2, 0.25) is 0 Å². The molecule has 0 radical (unpaired) electrons. The lowest BCUT2D eigenvalue weighted by molar-refractivity contribution is -0.119. The first-order valence-electron chi connectivity index (χ1n) is 5.37. The molecule has 0 aliphatic heterocycles. The smallest absolute Gasteiger partial charge is 0.139 e. The number of carbonyl (C=O) groups excluding carboxylic acids is 1. The monoisotopic (exact) mass is 206 g/mol. The molecule has 0 saturated carbocycles. The number of aryl methyl sites for hydroxylation is 1. The van der Waals surface area contributed by atoms with Gasteiger partial charge in [-0.3, -0.25) is 4.79 Å². The van der Waals surface area contributed by atoms with Crippen LogP contribution < -0.4 is 0 Å². The fourth-order valence-corrected chi connectivity index (χ4v) is 1.80. The van der Waals surface area contributed by atoms with Gasteiger partial charge in [-0.05, 0) is 25.3 Å². The summed E-state index contributed by atoms with van der Waals surface area (Å²) in [5, 5.41) is 0. The molecule has 15 heavy (non-hydrogen) atoms. The molecule has 1 aromatic rings. The summed E-state index contributed by atoms with van der Waals surface area (Å²) in [4.78, 5) is 19.9. The maximum Gasteiger partial charge on any atom is 0.139 e. The van der Waals surface area contributed by atoms with Crippen LogP contribution in [0.15, 0.2) is 12.4 Å². The summed E-state index contributed by atoms with van der Waals surface area (Å²) in [6.07, 6.45) is 2.42. The summed E-state index contributed by atoms with van der Waals surface area (Å²) in [7, 11) is 0. The standard InChI is InChI=1S/C12H18N2O/c1-5-10-6-11(14-7-13-10)12(8(2)3)9(4)15/h6-8,12H,5H2,1-4H3. The first kappa shape index (κ1) is 11.8. The molecule has 3 heteroatoms. The van der Waals surface area contributed by atoms with Gasteiger partial charge in [-0.1, -0.05) is 20.8 Å². The van der Waals surface area contributed by atoms with E-state index in [2.05, 4.69) is 9.97 Å². The van der Waals surface area contributed by atoms with Crippen LogP contribution in [0.5, 0.6) is 0 Å². The number of nitrogens with zero attached hydrogens (tertiary/aromatic N) is 2. The van der Waals surface area contributed by atoms with E-state index in [9.17, 15) is 4.79 Å². The van der Waals surface area contributed by atoms with Gasteiger partial charge >= 0.3 is 0 Å². The molecule has 0 bridgehead atoms. The fourth-order valence-electron chi connectivity index (χ4n) is 1.80. The fraction of sp³-hybridized carbons (Fsp3) is 0.583. The molecule has 0 N–H and O–H groups in total. The summed E-state index contributed by atoms with van der Waals surface area (Å²) in [5.74, 6) is 0.353.